The van der Waals surface area contributed by atoms with Gasteiger partial charge in [0.05, 0.1) is 17.2 Å². The van der Waals surface area contributed by atoms with Gasteiger partial charge in [-0.25, -0.2) is 0 Å². The van der Waals surface area contributed by atoms with E-state index >= 15 is 0 Å². The maximum Gasteiger partial charge on any atom is 0.0730 e. The Balaban J connectivity index is 1.10. The van der Waals surface area contributed by atoms with E-state index in [2.05, 4.69) is 253 Å². The highest BCUT2D eigenvalue weighted by Gasteiger charge is 2.38. The molecule has 2 aliphatic carbocycles. The monoisotopic (exact) mass is 991 g/mol. The zero-order valence-electron chi connectivity index (χ0n) is 46.2. The Hall–Kier alpha value is -7.42. The predicted molar refractivity (Wildman–Crippen MR) is 324 cm³/mol. The third kappa shape index (κ3) is 9.29. The Morgan fingerprint density at radius 1 is 0.579 bits per heavy atom. The Bertz CT molecular complexity index is 3760. The highest BCUT2D eigenvalue weighted by molar-refractivity contribution is 6.17. The van der Waals surface area contributed by atoms with Crippen LogP contribution in [0.3, 0.4) is 0 Å². The topological polar surface area (TPSA) is 17.0 Å². The third-order valence-electron chi connectivity index (χ3n) is 17.8. The van der Waals surface area contributed by atoms with E-state index in [0.29, 0.717) is 5.92 Å². The molecule has 380 valence electrons. The number of rotatable bonds is 13. The number of anilines is 1. The average molecular weight is 991 g/mol. The highest BCUT2D eigenvalue weighted by Crippen LogP contribution is 2.52. The van der Waals surface area contributed by atoms with Crippen molar-refractivity contribution in [2.45, 2.75) is 130 Å². The van der Waals surface area contributed by atoms with Crippen molar-refractivity contribution in [3.63, 3.8) is 0 Å². The molecule has 2 aliphatic rings. The van der Waals surface area contributed by atoms with Gasteiger partial charge >= 0.3 is 0 Å². The number of aromatic nitrogens is 1. The van der Waals surface area contributed by atoms with Crippen LogP contribution in [0, 0.1) is 13.8 Å². The molecule has 0 fully saturated rings. The van der Waals surface area contributed by atoms with Crippen LogP contribution in [0.1, 0.15) is 133 Å². The van der Waals surface area contributed by atoms with Crippen molar-refractivity contribution in [3.05, 3.63) is 255 Å². The molecule has 2 unspecified atom stereocenters. The fraction of sp³-hybridized carbons (Fsp3) is 0.270. The number of fused-ring (bicyclic) bond motifs is 8. The molecular weight excluding hydrogens is 917 g/mol. The largest absolute Gasteiger partial charge is 0.376 e. The molecule has 0 amide bonds. The average Bonchev–Trinajstić information content (AvgIpc) is 3.78. The van der Waals surface area contributed by atoms with Crippen LogP contribution >= 0.6 is 0 Å². The first kappa shape index (κ1) is 49.5. The van der Waals surface area contributed by atoms with Gasteiger partial charge in [-0.2, -0.15) is 0 Å². The van der Waals surface area contributed by atoms with E-state index in [-0.39, 0.29) is 16.9 Å². The Morgan fingerprint density at radius 3 is 1.96 bits per heavy atom. The SMILES string of the molecule is CCc1cc2c(cc1-c1cc3c(cc1C)C(C)(C)CCC3(C)C)c1c3c(cc(NC(Cc4ccc(Cc5ccccc5)cc4)c4cccc(-c5ccccc5)c4)c1n2CCc1ccc(C)cc1)-c1ccccc1CC3C. The van der Waals surface area contributed by atoms with Gasteiger partial charge in [-0.1, -0.05) is 211 Å². The summed E-state index contributed by atoms with van der Waals surface area (Å²) in [5, 5.41) is 7.21. The summed E-state index contributed by atoms with van der Waals surface area (Å²) in [5.41, 5.74) is 28.7. The fourth-order valence-electron chi connectivity index (χ4n) is 13.3. The number of nitrogens with zero attached hydrogens (tertiary/aromatic N) is 1. The lowest BCUT2D eigenvalue weighted by Gasteiger charge is -2.42. The van der Waals surface area contributed by atoms with E-state index in [1.54, 1.807) is 0 Å². The summed E-state index contributed by atoms with van der Waals surface area (Å²) in [4.78, 5) is 0. The summed E-state index contributed by atoms with van der Waals surface area (Å²) in [6.07, 6.45) is 7.06. The van der Waals surface area contributed by atoms with Gasteiger partial charge in [0.1, 0.15) is 0 Å². The molecule has 10 aromatic rings. The minimum Gasteiger partial charge on any atom is -0.376 e. The normalized spacial score (nSPS) is 15.8. The minimum atomic E-state index is -0.0304. The summed E-state index contributed by atoms with van der Waals surface area (Å²) in [6.45, 7) is 20.1. The van der Waals surface area contributed by atoms with Crippen molar-refractivity contribution in [1.29, 1.82) is 0 Å². The number of hydrogen-bond donors (Lipinski definition) is 1. The zero-order valence-corrected chi connectivity index (χ0v) is 46.2. The molecule has 0 radical (unpaired) electrons. The van der Waals surface area contributed by atoms with E-state index in [4.69, 9.17) is 0 Å². The van der Waals surface area contributed by atoms with Crippen molar-refractivity contribution in [3.8, 4) is 33.4 Å². The first-order valence-electron chi connectivity index (χ1n) is 28.3. The van der Waals surface area contributed by atoms with E-state index < -0.39 is 0 Å². The van der Waals surface area contributed by atoms with Crippen LogP contribution in [0.4, 0.5) is 5.69 Å². The molecule has 0 spiro atoms. The molecule has 1 N–H and O–H groups in total. The Kier molecular flexibility index (Phi) is 13.0. The van der Waals surface area contributed by atoms with Crippen molar-refractivity contribution in [2.75, 3.05) is 5.32 Å². The van der Waals surface area contributed by atoms with Gasteiger partial charge < -0.3 is 9.88 Å². The molecule has 0 saturated carbocycles. The molecule has 2 heteroatoms. The predicted octanol–water partition coefficient (Wildman–Crippen LogP) is 19.2. The lowest BCUT2D eigenvalue weighted by Crippen LogP contribution is -2.34. The summed E-state index contributed by atoms with van der Waals surface area (Å²) in [5.74, 6) is 0.327. The third-order valence-corrected chi connectivity index (χ3v) is 17.8. The number of nitrogens with one attached hydrogen (secondary N) is 1. The molecule has 12 rings (SSSR count). The lowest BCUT2D eigenvalue weighted by atomic mass is 9.62. The van der Waals surface area contributed by atoms with E-state index in [1.807, 2.05) is 0 Å². The van der Waals surface area contributed by atoms with Crippen molar-refractivity contribution < 1.29 is 0 Å². The number of hydrogen-bond acceptors (Lipinski definition) is 1. The molecule has 2 atom stereocenters. The lowest BCUT2D eigenvalue weighted by molar-refractivity contribution is 0.332. The molecule has 0 aliphatic heterocycles. The molecule has 1 aromatic heterocycles. The van der Waals surface area contributed by atoms with Gasteiger partial charge in [0.2, 0.25) is 0 Å². The summed E-state index contributed by atoms with van der Waals surface area (Å²) >= 11 is 0. The number of aryl methyl sites for hydroxylation is 5. The van der Waals surface area contributed by atoms with Crippen LogP contribution < -0.4 is 5.32 Å². The Labute approximate surface area is 452 Å². The second-order valence-electron chi connectivity index (χ2n) is 24.0. The van der Waals surface area contributed by atoms with E-state index in [1.165, 1.54) is 140 Å². The zero-order chi connectivity index (χ0) is 52.3. The van der Waals surface area contributed by atoms with Crippen LogP contribution in [0.15, 0.2) is 188 Å². The molecule has 0 saturated heterocycles. The van der Waals surface area contributed by atoms with Gasteiger partial charge in [0.15, 0.2) is 0 Å². The van der Waals surface area contributed by atoms with Crippen molar-refractivity contribution in [2.24, 2.45) is 0 Å². The van der Waals surface area contributed by atoms with Crippen LogP contribution in [0.5, 0.6) is 0 Å². The van der Waals surface area contributed by atoms with Gasteiger partial charge in [0.25, 0.3) is 0 Å². The molecule has 76 heavy (non-hydrogen) atoms. The Morgan fingerprint density at radius 2 is 1.22 bits per heavy atom. The van der Waals surface area contributed by atoms with Crippen LogP contribution in [0.25, 0.3) is 55.2 Å². The summed E-state index contributed by atoms with van der Waals surface area (Å²) in [7, 11) is 0. The van der Waals surface area contributed by atoms with Crippen LogP contribution in [-0.4, -0.2) is 4.57 Å². The van der Waals surface area contributed by atoms with Crippen molar-refractivity contribution >= 4 is 27.5 Å². The smallest absolute Gasteiger partial charge is 0.0730 e. The second-order valence-corrected chi connectivity index (χ2v) is 24.0. The van der Waals surface area contributed by atoms with Gasteiger partial charge in [0, 0.05) is 22.8 Å². The number of benzene rings is 9. The first-order valence-corrected chi connectivity index (χ1v) is 28.3. The maximum absolute atomic E-state index is 4.44. The standard InChI is InChI=1S/C74H74N2/c1-9-55-44-69-64(45-62(55)61-46-66-65(40-49(61)3)73(5,6)36-37-74(66,7)8)71-70-50(4)39-58-23-16-17-26-60(58)63(70)47-68(72(71)76(69)38-35-51-29-27-48(2)28-30-51)75-67(59-25-18-24-57(43-59)56-21-14-11-15-22-56)42-54-33-31-53(32-34-54)41-52-19-12-10-13-20-52/h10-34,40,43-47,50,67,75H,9,35-39,41-42H2,1-8H3. The molecular formula is C74H74N2. The van der Waals surface area contributed by atoms with Crippen LogP contribution in [0.2, 0.25) is 0 Å². The molecule has 2 nitrogen and oxygen atoms in total. The molecule has 9 aromatic carbocycles. The van der Waals surface area contributed by atoms with Gasteiger partial charge in [-0.3, -0.25) is 0 Å². The minimum absolute atomic E-state index is 0.0304. The van der Waals surface area contributed by atoms with E-state index in [0.717, 1.165) is 38.6 Å². The summed E-state index contributed by atoms with van der Waals surface area (Å²) in [6, 6.07) is 71.8. The van der Waals surface area contributed by atoms with Gasteiger partial charge in [-0.15, -0.1) is 0 Å². The molecule has 0 bridgehead atoms. The first-order chi connectivity index (χ1) is 36.8. The maximum atomic E-state index is 4.44. The highest BCUT2D eigenvalue weighted by atomic mass is 15.0. The van der Waals surface area contributed by atoms with Crippen LogP contribution in [-0.2, 0) is 49.5 Å². The second kappa shape index (κ2) is 19.9. The quantitative estimate of drug-likeness (QED) is 0.122. The van der Waals surface area contributed by atoms with Crippen molar-refractivity contribution in [1.82, 2.24) is 4.57 Å². The molecule has 1 heterocycles. The fourth-order valence-corrected chi connectivity index (χ4v) is 13.3. The van der Waals surface area contributed by atoms with E-state index in [9.17, 15) is 0 Å². The summed E-state index contributed by atoms with van der Waals surface area (Å²) < 4.78 is 2.73. The van der Waals surface area contributed by atoms with Gasteiger partial charge in [-0.05, 0) is 194 Å².